The fourth-order valence-electron chi connectivity index (χ4n) is 3.63. The number of nitrogens with zero attached hydrogens (tertiary/aromatic N) is 2. The molecule has 0 spiro atoms. The van der Waals surface area contributed by atoms with Crippen LogP contribution in [-0.4, -0.2) is 62.6 Å². The third-order valence-corrected chi connectivity index (χ3v) is 7.12. The van der Waals surface area contributed by atoms with Crippen molar-refractivity contribution in [1.82, 2.24) is 8.87 Å². The van der Waals surface area contributed by atoms with E-state index in [1.807, 2.05) is 0 Å². The minimum Gasteiger partial charge on any atom is -0.497 e. The van der Waals surface area contributed by atoms with Gasteiger partial charge in [0.05, 0.1) is 26.5 Å². The lowest BCUT2D eigenvalue weighted by atomic mass is 10.2. The van der Waals surface area contributed by atoms with Gasteiger partial charge >= 0.3 is 5.97 Å². The molecule has 32 heavy (non-hydrogen) atoms. The number of anilines is 1. The maximum absolute atomic E-state index is 13.3. The Bertz CT molecular complexity index is 1110. The molecule has 0 radical (unpaired) electrons. The highest BCUT2D eigenvalue weighted by molar-refractivity contribution is 7.89. The molecule has 0 bridgehead atoms. The van der Waals surface area contributed by atoms with Crippen molar-refractivity contribution >= 4 is 27.6 Å². The smallest absolute Gasteiger partial charge is 0.354 e. The van der Waals surface area contributed by atoms with E-state index in [9.17, 15) is 18.0 Å². The lowest BCUT2D eigenvalue weighted by Gasteiger charge is -2.23. The highest BCUT2D eigenvalue weighted by Gasteiger charge is 2.40. The number of amides is 1. The first-order valence-electron chi connectivity index (χ1n) is 10.1. The number of esters is 1. The zero-order valence-electron chi connectivity index (χ0n) is 18.5. The van der Waals surface area contributed by atoms with E-state index in [0.29, 0.717) is 30.0 Å². The average Bonchev–Trinajstić information content (AvgIpc) is 3.42. The van der Waals surface area contributed by atoms with Gasteiger partial charge in [0.1, 0.15) is 28.1 Å². The summed E-state index contributed by atoms with van der Waals surface area (Å²) in [6.07, 6.45) is 2.26. The van der Waals surface area contributed by atoms with E-state index < -0.39 is 27.9 Å². The molecule has 10 nitrogen and oxygen atoms in total. The standard InChI is InChI=1S/C21H27N3O7S/c1-5-31-21(26)18-12-15(13-23(18)2)32(27,28)24-10-6-7-17(24)20(25)22-16-9-8-14(29-3)11-19(16)30-4/h8-9,11-13,17H,5-7,10H2,1-4H3,(H,22,25). The Kier molecular flexibility index (Phi) is 7.09. The summed E-state index contributed by atoms with van der Waals surface area (Å²) in [5.41, 5.74) is 0.528. The summed E-state index contributed by atoms with van der Waals surface area (Å²) >= 11 is 0. The van der Waals surface area contributed by atoms with Crippen molar-refractivity contribution in [2.75, 3.05) is 32.7 Å². The highest BCUT2D eigenvalue weighted by Crippen LogP contribution is 2.32. The van der Waals surface area contributed by atoms with Gasteiger partial charge in [-0.3, -0.25) is 4.79 Å². The number of nitrogens with one attached hydrogen (secondary N) is 1. The number of rotatable bonds is 8. The predicted molar refractivity (Wildman–Crippen MR) is 116 cm³/mol. The van der Waals surface area contributed by atoms with Crippen LogP contribution in [0.5, 0.6) is 11.5 Å². The average molecular weight is 466 g/mol. The first kappa shape index (κ1) is 23.6. The van der Waals surface area contributed by atoms with Gasteiger partial charge in [-0.2, -0.15) is 4.31 Å². The second-order valence-corrected chi connectivity index (χ2v) is 9.11. The molecule has 1 N–H and O–H groups in total. The van der Waals surface area contributed by atoms with Crippen LogP contribution in [0.3, 0.4) is 0 Å². The van der Waals surface area contributed by atoms with Crippen LogP contribution in [0.25, 0.3) is 0 Å². The van der Waals surface area contributed by atoms with E-state index in [1.165, 1.54) is 35.4 Å². The van der Waals surface area contributed by atoms with Gasteiger partial charge in [0.25, 0.3) is 0 Å². The van der Waals surface area contributed by atoms with Crippen LogP contribution < -0.4 is 14.8 Å². The Morgan fingerprint density at radius 3 is 2.59 bits per heavy atom. The Hall–Kier alpha value is -3.05. The third kappa shape index (κ3) is 4.58. The minimum atomic E-state index is -4.01. The lowest BCUT2D eigenvalue weighted by Crippen LogP contribution is -2.43. The summed E-state index contributed by atoms with van der Waals surface area (Å²) in [7, 11) is 0.541. The molecule has 1 aromatic heterocycles. The van der Waals surface area contributed by atoms with E-state index in [0.717, 1.165) is 0 Å². The van der Waals surface area contributed by atoms with Crippen LogP contribution in [0.4, 0.5) is 5.69 Å². The normalized spacial score (nSPS) is 16.6. The number of ether oxygens (including phenoxy) is 3. The van der Waals surface area contributed by atoms with Crippen LogP contribution in [0.2, 0.25) is 0 Å². The molecular weight excluding hydrogens is 438 g/mol. The molecule has 1 amide bonds. The van der Waals surface area contributed by atoms with Crippen LogP contribution in [0, 0.1) is 0 Å². The Balaban J connectivity index is 1.84. The van der Waals surface area contributed by atoms with Crippen molar-refractivity contribution in [3.05, 3.63) is 36.2 Å². The summed E-state index contributed by atoms with van der Waals surface area (Å²) in [6, 6.07) is 5.30. The highest BCUT2D eigenvalue weighted by atomic mass is 32.2. The summed E-state index contributed by atoms with van der Waals surface area (Å²) in [5, 5.41) is 2.75. The number of methoxy groups -OCH3 is 2. The Morgan fingerprint density at radius 1 is 1.19 bits per heavy atom. The SMILES string of the molecule is CCOC(=O)c1cc(S(=O)(=O)N2CCCC2C(=O)Nc2ccc(OC)cc2OC)cn1C. The Labute approximate surface area is 187 Å². The summed E-state index contributed by atoms with van der Waals surface area (Å²) in [4.78, 5) is 25.0. The minimum absolute atomic E-state index is 0.0650. The predicted octanol–water partition coefficient (Wildman–Crippen LogP) is 2.01. The van der Waals surface area contributed by atoms with Crippen LogP contribution in [0.1, 0.15) is 30.3 Å². The number of aromatic nitrogens is 1. The fourth-order valence-corrected chi connectivity index (χ4v) is 5.35. The first-order valence-corrected chi connectivity index (χ1v) is 11.5. The first-order chi connectivity index (χ1) is 15.2. The van der Waals surface area contributed by atoms with Gasteiger partial charge in [-0.05, 0) is 38.0 Å². The number of benzene rings is 1. The van der Waals surface area contributed by atoms with Gasteiger partial charge in [0.2, 0.25) is 15.9 Å². The second-order valence-electron chi connectivity index (χ2n) is 7.22. The molecule has 0 aliphatic carbocycles. The van der Waals surface area contributed by atoms with E-state index in [-0.39, 0.29) is 23.7 Å². The molecule has 1 fully saturated rings. The van der Waals surface area contributed by atoms with Crippen molar-refractivity contribution in [3.8, 4) is 11.5 Å². The number of aryl methyl sites for hydroxylation is 1. The maximum Gasteiger partial charge on any atom is 0.354 e. The van der Waals surface area contributed by atoms with Gasteiger partial charge in [-0.1, -0.05) is 0 Å². The largest absolute Gasteiger partial charge is 0.497 e. The fraction of sp³-hybridized carbons (Fsp3) is 0.429. The molecule has 0 saturated carbocycles. The van der Waals surface area contributed by atoms with E-state index in [4.69, 9.17) is 14.2 Å². The van der Waals surface area contributed by atoms with Crippen molar-refractivity contribution in [2.45, 2.75) is 30.7 Å². The van der Waals surface area contributed by atoms with E-state index in [1.54, 1.807) is 32.2 Å². The monoisotopic (exact) mass is 465 g/mol. The van der Waals surface area contributed by atoms with Gasteiger partial charge < -0.3 is 24.1 Å². The molecule has 11 heteroatoms. The van der Waals surface area contributed by atoms with E-state index in [2.05, 4.69) is 5.32 Å². The van der Waals surface area contributed by atoms with Gasteiger partial charge in [-0.15, -0.1) is 0 Å². The summed E-state index contributed by atoms with van der Waals surface area (Å²) in [5.74, 6) is -0.117. The summed E-state index contributed by atoms with van der Waals surface area (Å²) < 4.78 is 44.6. The van der Waals surface area contributed by atoms with Crippen molar-refractivity contribution in [2.24, 2.45) is 7.05 Å². The lowest BCUT2D eigenvalue weighted by molar-refractivity contribution is -0.119. The topological polar surface area (TPSA) is 116 Å². The van der Waals surface area contributed by atoms with Gasteiger partial charge in [0, 0.05) is 25.9 Å². The molecule has 1 saturated heterocycles. The molecule has 174 valence electrons. The molecule has 2 aromatic rings. The molecular formula is C21H27N3O7S. The number of carbonyl (C=O) groups is 2. The van der Waals surface area contributed by atoms with Crippen molar-refractivity contribution in [3.63, 3.8) is 0 Å². The third-order valence-electron chi connectivity index (χ3n) is 5.24. The zero-order valence-corrected chi connectivity index (χ0v) is 19.3. The van der Waals surface area contributed by atoms with Gasteiger partial charge in [0.15, 0.2) is 0 Å². The van der Waals surface area contributed by atoms with Crippen molar-refractivity contribution < 1.29 is 32.2 Å². The molecule has 3 rings (SSSR count). The second kappa shape index (κ2) is 9.61. The van der Waals surface area contributed by atoms with E-state index >= 15 is 0 Å². The molecule has 1 unspecified atom stereocenters. The van der Waals surface area contributed by atoms with Crippen LogP contribution >= 0.6 is 0 Å². The molecule has 1 aliphatic rings. The molecule has 1 aromatic carbocycles. The summed E-state index contributed by atoms with van der Waals surface area (Å²) in [6.45, 7) is 2.04. The molecule has 1 aliphatic heterocycles. The molecule has 1 atom stereocenters. The molecule has 2 heterocycles. The van der Waals surface area contributed by atoms with Gasteiger partial charge in [-0.25, -0.2) is 13.2 Å². The van der Waals surface area contributed by atoms with Crippen LogP contribution in [-0.2, 0) is 26.6 Å². The quantitative estimate of drug-likeness (QED) is 0.593. The zero-order chi connectivity index (χ0) is 23.5. The van der Waals surface area contributed by atoms with Crippen molar-refractivity contribution in [1.29, 1.82) is 0 Å². The number of hydrogen-bond acceptors (Lipinski definition) is 7. The Morgan fingerprint density at radius 2 is 1.94 bits per heavy atom. The number of sulfonamides is 1. The number of carbonyl (C=O) groups excluding carboxylic acids is 2. The maximum atomic E-state index is 13.3. The van der Waals surface area contributed by atoms with Crippen LogP contribution in [0.15, 0.2) is 35.4 Å². The number of hydrogen-bond donors (Lipinski definition) is 1.